The molecule has 1 aromatic carbocycles. The Hall–Kier alpha value is -1.24. The van der Waals surface area contributed by atoms with Crippen LogP contribution in [-0.2, 0) is 4.74 Å². The second kappa shape index (κ2) is 6.25. The third kappa shape index (κ3) is 3.33. The van der Waals surface area contributed by atoms with Gasteiger partial charge in [-0.1, -0.05) is 30.9 Å². The summed E-state index contributed by atoms with van der Waals surface area (Å²) in [7, 11) is 0. The Morgan fingerprint density at radius 3 is 2.86 bits per heavy atom. The summed E-state index contributed by atoms with van der Waals surface area (Å²) in [5.41, 5.74) is 1.58. The van der Waals surface area contributed by atoms with Gasteiger partial charge in [0.2, 0.25) is 0 Å². The van der Waals surface area contributed by atoms with Crippen LogP contribution in [0.3, 0.4) is 0 Å². The van der Waals surface area contributed by atoms with Gasteiger partial charge in [0.15, 0.2) is 0 Å². The first-order valence-electron chi connectivity index (χ1n) is 7.81. The predicted octanol–water partition coefficient (Wildman–Crippen LogP) is 4.51. The monoisotopic (exact) mass is 304 g/mol. The number of hydrogen-bond acceptors (Lipinski definition) is 3. The maximum absolute atomic E-state index is 9.24. The van der Waals surface area contributed by atoms with Gasteiger partial charge in [-0.2, -0.15) is 5.26 Å². The van der Waals surface area contributed by atoms with Crippen molar-refractivity contribution >= 4 is 17.3 Å². The Morgan fingerprint density at radius 1 is 1.29 bits per heavy atom. The number of nitrogens with zero attached hydrogens (tertiary/aromatic N) is 1. The fraction of sp³-hybridized carbons (Fsp3) is 0.588. The second-order valence-corrected chi connectivity index (χ2v) is 6.66. The first-order chi connectivity index (χ1) is 10.2. The van der Waals surface area contributed by atoms with Gasteiger partial charge < -0.3 is 10.1 Å². The van der Waals surface area contributed by atoms with E-state index in [0.29, 0.717) is 16.6 Å². The zero-order valence-electron chi connectivity index (χ0n) is 12.2. The Balaban J connectivity index is 1.71. The first kappa shape index (κ1) is 14.7. The smallest absolute Gasteiger partial charge is 0.101 e. The number of ether oxygens (including phenoxy) is 1. The summed E-state index contributed by atoms with van der Waals surface area (Å²) in [6.45, 7) is 0.813. The molecule has 112 valence electrons. The van der Waals surface area contributed by atoms with Crippen molar-refractivity contribution in [3.05, 3.63) is 28.8 Å². The van der Waals surface area contributed by atoms with Gasteiger partial charge in [0.1, 0.15) is 6.07 Å². The fourth-order valence-electron chi connectivity index (χ4n) is 3.65. The van der Waals surface area contributed by atoms with Gasteiger partial charge in [-0.05, 0) is 43.9 Å². The Bertz CT molecular complexity index is 541. The maximum Gasteiger partial charge on any atom is 0.101 e. The highest BCUT2D eigenvalue weighted by Crippen LogP contribution is 2.39. The van der Waals surface area contributed by atoms with Crippen LogP contribution >= 0.6 is 11.6 Å². The lowest BCUT2D eigenvalue weighted by molar-refractivity contribution is -0.103. The molecule has 1 saturated carbocycles. The molecule has 1 saturated heterocycles. The van der Waals surface area contributed by atoms with E-state index in [4.69, 9.17) is 16.3 Å². The summed E-state index contributed by atoms with van der Waals surface area (Å²) in [6, 6.07) is 8.06. The molecule has 1 atom stereocenters. The van der Waals surface area contributed by atoms with Crippen LogP contribution in [0, 0.1) is 11.3 Å². The van der Waals surface area contributed by atoms with E-state index in [0.717, 1.165) is 25.1 Å². The lowest BCUT2D eigenvalue weighted by atomic mass is 9.78. The topological polar surface area (TPSA) is 45.0 Å². The highest BCUT2D eigenvalue weighted by atomic mass is 35.5. The lowest BCUT2D eigenvalue weighted by Gasteiger charge is -2.44. The van der Waals surface area contributed by atoms with E-state index < -0.39 is 0 Å². The van der Waals surface area contributed by atoms with Crippen molar-refractivity contribution in [1.82, 2.24) is 0 Å². The van der Waals surface area contributed by atoms with Crippen LogP contribution in [0.2, 0.25) is 5.02 Å². The van der Waals surface area contributed by atoms with Crippen LogP contribution in [0.15, 0.2) is 18.2 Å². The van der Waals surface area contributed by atoms with Crippen molar-refractivity contribution in [1.29, 1.82) is 5.26 Å². The zero-order valence-corrected chi connectivity index (χ0v) is 13.0. The number of nitrogens with one attached hydrogen (secondary N) is 1. The van der Waals surface area contributed by atoms with Crippen LogP contribution in [0.4, 0.5) is 5.69 Å². The number of anilines is 1. The van der Waals surface area contributed by atoms with E-state index in [1.165, 1.54) is 32.1 Å². The second-order valence-electron chi connectivity index (χ2n) is 6.23. The average molecular weight is 305 g/mol. The van der Waals surface area contributed by atoms with Crippen molar-refractivity contribution in [2.75, 3.05) is 11.9 Å². The predicted molar refractivity (Wildman–Crippen MR) is 84.6 cm³/mol. The molecule has 2 aliphatic rings. The minimum absolute atomic E-state index is 0.0768. The zero-order chi connectivity index (χ0) is 14.7. The molecule has 1 aliphatic heterocycles. The summed E-state index contributed by atoms with van der Waals surface area (Å²) in [4.78, 5) is 0. The number of hydrogen-bond donors (Lipinski definition) is 1. The molecule has 1 aromatic rings. The number of rotatable bonds is 2. The molecule has 0 amide bonds. The van der Waals surface area contributed by atoms with Gasteiger partial charge in [0.05, 0.1) is 16.9 Å². The van der Waals surface area contributed by atoms with Crippen molar-refractivity contribution < 1.29 is 4.74 Å². The molecule has 4 heteroatoms. The number of halogens is 1. The van der Waals surface area contributed by atoms with Gasteiger partial charge in [0, 0.05) is 17.7 Å². The molecule has 2 fully saturated rings. The molecule has 1 spiro atoms. The van der Waals surface area contributed by atoms with Crippen molar-refractivity contribution in [3.63, 3.8) is 0 Å². The third-order valence-electron chi connectivity index (χ3n) is 4.72. The van der Waals surface area contributed by atoms with E-state index in [9.17, 15) is 5.26 Å². The van der Waals surface area contributed by atoms with Crippen molar-refractivity contribution in [3.8, 4) is 6.07 Å². The molecule has 0 bridgehead atoms. The van der Waals surface area contributed by atoms with E-state index >= 15 is 0 Å². The van der Waals surface area contributed by atoms with Gasteiger partial charge in [-0.25, -0.2) is 0 Å². The molecular formula is C17H21ClN2O. The molecule has 0 radical (unpaired) electrons. The Labute approximate surface area is 131 Å². The quantitative estimate of drug-likeness (QED) is 0.874. The van der Waals surface area contributed by atoms with Crippen molar-refractivity contribution in [2.45, 2.75) is 56.6 Å². The number of nitriles is 1. The Kier molecular flexibility index (Phi) is 4.37. The number of benzene rings is 1. The van der Waals surface area contributed by atoms with Crippen LogP contribution < -0.4 is 5.32 Å². The highest BCUT2D eigenvalue weighted by Gasteiger charge is 2.38. The van der Waals surface area contributed by atoms with Crippen molar-refractivity contribution in [2.24, 2.45) is 0 Å². The van der Waals surface area contributed by atoms with E-state index in [-0.39, 0.29) is 5.60 Å². The lowest BCUT2D eigenvalue weighted by Crippen LogP contribution is -2.45. The molecule has 3 nitrogen and oxygen atoms in total. The third-order valence-corrected chi connectivity index (χ3v) is 4.95. The van der Waals surface area contributed by atoms with E-state index in [2.05, 4.69) is 11.4 Å². The van der Waals surface area contributed by atoms with E-state index in [1.54, 1.807) is 6.07 Å². The van der Waals surface area contributed by atoms with Crippen LogP contribution in [0.5, 0.6) is 0 Å². The van der Waals surface area contributed by atoms with Gasteiger partial charge in [0.25, 0.3) is 0 Å². The summed E-state index contributed by atoms with van der Waals surface area (Å²) >= 11 is 5.96. The summed E-state index contributed by atoms with van der Waals surface area (Å²) in [5, 5.41) is 13.4. The summed E-state index contributed by atoms with van der Waals surface area (Å²) < 4.78 is 6.12. The average Bonchev–Trinajstić information content (AvgIpc) is 2.50. The van der Waals surface area contributed by atoms with Gasteiger partial charge in [-0.3, -0.25) is 0 Å². The van der Waals surface area contributed by atoms with E-state index in [1.807, 2.05) is 12.1 Å². The Morgan fingerprint density at radius 2 is 2.10 bits per heavy atom. The van der Waals surface area contributed by atoms with Crippen LogP contribution in [0.25, 0.3) is 0 Å². The minimum atomic E-state index is 0.0768. The molecule has 21 heavy (non-hydrogen) atoms. The van der Waals surface area contributed by atoms with Gasteiger partial charge in [-0.15, -0.1) is 0 Å². The molecule has 1 unspecified atom stereocenters. The molecule has 1 N–H and O–H groups in total. The first-order valence-corrected chi connectivity index (χ1v) is 8.19. The largest absolute Gasteiger partial charge is 0.381 e. The molecule has 1 heterocycles. The SMILES string of the molecule is N#Cc1cc(Cl)ccc1NC1CCOC2(CCCCC2)C1. The summed E-state index contributed by atoms with van der Waals surface area (Å²) in [6.07, 6.45) is 8.27. The van der Waals surface area contributed by atoms with Crippen LogP contribution in [0.1, 0.15) is 50.5 Å². The van der Waals surface area contributed by atoms with Crippen LogP contribution in [-0.4, -0.2) is 18.2 Å². The van der Waals surface area contributed by atoms with Gasteiger partial charge >= 0.3 is 0 Å². The maximum atomic E-state index is 9.24. The molecule has 1 aliphatic carbocycles. The standard InChI is InChI=1S/C17H21ClN2O/c18-14-4-5-16(13(10-14)12-19)20-15-6-9-21-17(11-15)7-2-1-3-8-17/h4-5,10,15,20H,1-3,6-9,11H2. The fourth-order valence-corrected chi connectivity index (χ4v) is 3.82. The normalized spacial score (nSPS) is 24.5. The molecular weight excluding hydrogens is 284 g/mol. The molecule has 0 aromatic heterocycles. The highest BCUT2D eigenvalue weighted by molar-refractivity contribution is 6.30. The minimum Gasteiger partial charge on any atom is -0.381 e. The molecule has 3 rings (SSSR count). The summed E-state index contributed by atoms with van der Waals surface area (Å²) in [5.74, 6) is 0.